The molecule has 0 N–H and O–H groups in total. The van der Waals surface area contributed by atoms with Gasteiger partial charge in [0, 0.05) is 49.9 Å². The van der Waals surface area contributed by atoms with Crippen molar-refractivity contribution in [2.24, 2.45) is 11.8 Å². The zero-order valence-corrected chi connectivity index (χ0v) is 24.1. The lowest BCUT2D eigenvalue weighted by molar-refractivity contribution is 0.0295. The molecule has 2 amide bonds. The summed E-state index contributed by atoms with van der Waals surface area (Å²) >= 11 is 1.39. The highest BCUT2D eigenvalue weighted by Crippen LogP contribution is 2.35. The first-order valence-electron chi connectivity index (χ1n) is 14.1. The van der Waals surface area contributed by atoms with Crippen LogP contribution in [0.1, 0.15) is 57.8 Å². The second kappa shape index (κ2) is 11.3. The number of likely N-dealkylation sites (tertiary alicyclic amines) is 2. The standard InChI is InChI=1S/C30H34N4O4S2/c35-29(24-11-12-27-23(19-24)8-6-16-34(27)40(37,38)26-9-2-1-3-10-26)33-20-25(21-33)22-7-4-5-15-32(17-13-22)30(36)28-31-14-18-39-28/h1-3,9-12,14,18-19,22,25H,4-8,13,15-17,20-21H2. The molecule has 2 fully saturated rings. The molecule has 1 aromatic heterocycles. The first-order chi connectivity index (χ1) is 19.4. The summed E-state index contributed by atoms with van der Waals surface area (Å²) < 4.78 is 28.1. The second-order valence-corrected chi connectivity index (χ2v) is 13.7. The summed E-state index contributed by atoms with van der Waals surface area (Å²) in [5, 5.41) is 2.40. The lowest BCUT2D eigenvalue weighted by Gasteiger charge is -2.44. The summed E-state index contributed by atoms with van der Waals surface area (Å²) in [6, 6.07) is 14.0. The van der Waals surface area contributed by atoms with Crippen LogP contribution in [-0.4, -0.2) is 67.7 Å². The Morgan fingerprint density at radius 1 is 0.850 bits per heavy atom. The van der Waals surface area contributed by atoms with Gasteiger partial charge >= 0.3 is 0 Å². The summed E-state index contributed by atoms with van der Waals surface area (Å²) in [5.74, 6) is 0.983. The number of hydrogen-bond donors (Lipinski definition) is 0. The van der Waals surface area contributed by atoms with Crippen molar-refractivity contribution in [1.29, 1.82) is 0 Å². The third-order valence-electron chi connectivity index (χ3n) is 8.52. The molecule has 1 atom stereocenters. The van der Waals surface area contributed by atoms with Crippen molar-refractivity contribution < 1.29 is 18.0 Å². The van der Waals surface area contributed by atoms with Gasteiger partial charge in [-0.3, -0.25) is 13.9 Å². The van der Waals surface area contributed by atoms with E-state index >= 15 is 0 Å². The minimum absolute atomic E-state index is 0.00788. The van der Waals surface area contributed by atoms with Gasteiger partial charge in [0.2, 0.25) is 0 Å². The molecule has 2 saturated heterocycles. The Morgan fingerprint density at radius 3 is 2.45 bits per heavy atom. The molecule has 3 aliphatic rings. The summed E-state index contributed by atoms with van der Waals surface area (Å²) in [6.45, 7) is 3.41. The first kappa shape index (κ1) is 27.0. The fraction of sp³-hybridized carbons (Fsp3) is 0.433. The fourth-order valence-corrected chi connectivity index (χ4v) is 8.41. The maximum absolute atomic E-state index is 13.4. The zero-order valence-electron chi connectivity index (χ0n) is 22.4. The largest absolute Gasteiger partial charge is 0.338 e. The van der Waals surface area contributed by atoms with Gasteiger partial charge in [-0.2, -0.15) is 0 Å². The molecule has 10 heteroatoms. The molecule has 2 aromatic carbocycles. The third kappa shape index (κ3) is 5.26. The van der Waals surface area contributed by atoms with Gasteiger partial charge in [-0.25, -0.2) is 13.4 Å². The van der Waals surface area contributed by atoms with Crippen molar-refractivity contribution in [3.8, 4) is 0 Å². The average molecular weight is 579 g/mol. The minimum atomic E-state index is -3.66. The summed E-state index contributed by atoms with van der Waals surface area (Å²) in [5.41, 5.74) is 2.19. The van der Waals surface area contributed by atoms with Gasteiger partial charge in [-0.15, -0.1) is 11.3 Å². The van der Waals surface area contributed by atoms with E-state index in [1.165, 1.54) is 15.6 Å². The Bertz CT molecular complexity index is 1470. The number of carbonyl (C=O) groups excluding carboxylic acids is 2. The van der Waals surface area contributed by atoms with E-state index in [1.807, 2.05) is 21.2 Å². The SMILES string of the molecule is O=C(c1ccc2c(c1)CCCN2S(=O)(=O)c1ccccc1)N1CC(C2CCCCN(C(=O)c3nccs3)CC2)C1. The first-order valence-corrected chi connectivity index (χ1v) is 16.4. The van der Waals surface area contributed by atoms with Crippen LogP contribution in [-0.2, 0) is 16.4 Å². The normalized spacial score (nSPS) is 20.3. The van der Waals surface area contributed by atoms with Crippen LogP contribution in [0.2, 0.25) is 0 Å². The minimum Gasteiger partial charge on any atom is -0.338 e. The Kier molecular flexibility index (Phi) is 7.63. The fourth-order valence-electron chi connectivity index (χ4n) is 6.25. The molecule has 4 heterocycles. The van der Waals surface area contributed by atoms with Gasteiger partial charge in [0.15, 0.2) is 5.01 Å². The smallest absolute Gasteiger partial charge is 0.282 e. The van der Waals surface area contributed by atoms with Gasteiger partial charge in [-0.1, -0.05) is 24.6 Å². The summed E-state index contributed by atoms with van der Waals surface area (Å²) in [7, 11) is -3.66. The maximum atomic E-state index is 13.4. The monoisotopic (exact) mass is 578 g/mol. The number of aromatic nitrogens is 1. The number of hydrogen-bond acceptors (Lipinski definition) is 6. The van der Waals surface area contributed by atoms with E-state index in [9.17, 15) is 18.0 Å². The van der Waals surface area contributed by atoms with Crippen LogP contribution >= 0.6 is 11.3 Å². The molecule has 0 aliphatic carbocycles. The Balaban J connectivity index is 1.09. The quantitative estimate of drug-likeness (QED) is 0.438. The van der Waals surface area contributed by atoms with Crippen molar-refractivity contribution >= 4 is 38.9 Å². The van der Waals surface area contributed by atoms with E-state index in [-0.39, 0.29) is 16.7 Å². The molecule has 3 aliphatic heterocycles. The molecular formula is C30H34N4O4S2. The predicted molar refractivity (Wildman–Crippen MR) is 155 cm³/mol. The highest BCUT2D eigenvalue weighted by Gasteiger charge is 2.37. The summed E-state index contributed by atoms with van der Waals surface area (Å²) in [6.07, 6.45) is 7.31. The highest BCUT2D eigenvalue weighted by molar-refractivity contribution is 7.92. The van der Waals surface area contributed by atoms with Crippen LogP contribution in [0.5, 0.6) is 0 Å². The van der Waals surface area contributed by atoms with E-state index in [2.05, 4.69) is 4.98 Å². The highest BCUT2D eigenvalue weighted by atomic mass is 32.2. The number of rotatable bonds is 5. The van der Waals surface area contributed by atoms with E-state index < -0.39 is 10.0 Å². The molecule has 40 heavy (non-hydrogen) atoms. The van der Waals surface area contributed by atoms with Gasteiger partial charge in [0.05, 0.1) is 10.6 Å². The van der Waals surface area contributed by atoms with Crippen LogP contribution in [0.3, 0.4) is 0 Å². The third-order valence-corrected chi connectivity index (χ3v) is 11.1. The molecule has 1 unspecified atom stereocenters. The van der Waals surface area contributed by atoms with Crippen molar-refractivity contribution in [1.82, 2.24) is 14.8 Å². The zero-order chi connectivity index (χ0) is 27.7. The van der Waals surface area contributed by atoms with Crippen molar-refractivity contribution in [3.05, 3.63) is 76.2 Å². The number of sulfonamides is 1. The van der Waals surface area contributed by atoms with Gasteiger partial charge in [0.1, 0.15) is 0 Å². The van der Waals surface area contributed by atoms with Crippen LogP contribution in [0, 0.1) is 11.8 Å². The van der Waals surface area contributed by atoms with Gasteiger partial charge < -0.3 is 9.80 Å². The van der Waals surface area contributed by atoms with Gasteiger partial charge in [0.25, 0.3) is 21.8 Å². The number of aryl methyl sites for hydroxylation is 1. The van der Waals surface area contributed by atoms with Crippen LogP contribution in [0.4, 0.5) is 5.69 Å². The predicted octanol–water partition coefficient (Wildman–Crippen LogP) is 4.69. The number of fused-ring (bicyclic) bond motifs is 1. The topological polar surface area (TPSA) is 90.9 Å². The number of anilines is 1. The molecule has 0 spiro atoms. The number of nitrogens with zero attached hydrogens (tertiary/aromatic N) is 4. The van der Waals surface area contributed by atoms with Crippen LogP contribution in [0.15, 0.2) is 65.0 Å². The lowest BCUT2D eigenvalue weighted by atomic mass is 9.79. The number of amides is 2. The lowest BCUT2D eigenvalue weighted by Crippen LogP contribution is -2.53. The maximum Gasteiger partial charge on any atom is 0.282 e. The van der Waals surface area contributed by atoms with Crippen molar-refractivity contribution in [2.45, 2.75) is 43.4 Å². The number of thiazole rings is 1. The Hall–Kier alpha value is -3.24. The van der Waals surface area contributed by atoms with Crippen LogP contribution in [0.25, 0.3) is 0 Å². The molecular weight excluding hydrogens is 544 g/mol. The number of benzene rings is 2. The molecule has 0 bridgehead atoms. The number of carbonyl (C=O) groups is 2. The molecule has 0 saturated carbocycles. The Morgan fingerprint density at radius 2 is 1.68 bits per heavy atom. The second-order valence-electron chi connectivity index (χ2n) is 11.0. The van der Waals surface area contributed by atoms with E-state index in [4.69, 9.17) is 0 Å². The Labute approximate surface area is 239 Å². The van der Waals surface area contributed by atoms with Crippen molar-refractivity contribution in [2.75, 3.05) is 37.0 Å². The van der Waals surface area contributed by atoms with Crippen LogP contribution < -0.4 is 4.31 Å². The molecule has 8 nitrogen and oxygen atoms in total. The molecule has 6 rings (SSSR count). The van der Waals surface area contributed by atoms with Crippen molar-refractivity contribution in [3.63, 3.8) is 0 Å². The molecule has 210 valence electrons. The van der Waals surface area contributed by atoms with E-state index in [1.54, 1.807) is 48.7 Å². The summed E-state index contributed by atoms with van der Waals surface area (Å²) in [4.78, 5) is 34.5. The van der Waals surface area contributed by atoms with Gasteiger partial charge in [-0.05, 0) is 79.8 Å². The van der Waals surface area contributed by atoms with E-state index in [0.717, 1.165) is 63.8 Å². The molecule has 3 aromatic rings. The van der Waals surface area contributed by atoms with E-state index in [0.29, 0.717) is 41.1 Å². The average Bonchev–Trinajstić information content (AvgIpc) is 3.48. The molecule has 0 radical (unpaired) electrons.